The van der Waals surface area contributed by atoms with Gasteiger partial charge in [-0.05, 0) is 24.3 Å². The lowest BCUT2D eigenvalue weighted by atomic mass is 9.83. The highest BCUT2D eigenvalue weighted by Gasteiger charge is 2.49. The van der Waals surface area contributed by atoms with Gasteiger partial charge in [-0.2, -0.15) is 14.8 Å². The van der Waals surface area contributed by atoms with E-state index in [1.807, 2.05) is 0 Å². The highest BCUT2D eigenvalue weighted by molar-refractivity contribution is 7.89. The average Bonchev–Trinajstić information content (AvgIpc) is 2.72. The van der Waals surface area contributed by atoms with E-state index in [-0.39, 0.29) is 53.6 Å². The third-order valence-corrected chi connectivity index (χ3v) is 6.69. The van der Waals surface area contributed by atoms with Gasteiger partial charge in [-0.15, -0.1) is 0 Å². The Balaban J connectivity index is 1.73. The van der Waals surface area contributed by atoms with E-state index in [1.165, 1.54) is 30.3 Å². The number of hydrogen-bond acceptors (Lipinski definition) is 7. The molecule has 154 valence electrons. The second kappa shape index (κ2) is 8.20. The third kappa shape index (κ3) is 3.89. The van der Waals surface area contributed by atoms with Crippen LogP contribution in [0.15, 0.2) is 41.3 Å². The van der Waals surface area contributed by atoms with Gasteiger partial charge in [0, 0.05) is 24.7 Å². The Labute approximate surface area is 172 Å². The molecule has 1 saturated heterocycles. The predicted molar refractivity (Wildman–Crippen MR) is 101 cm³/mol. The summed E-state index contributed by atoms with van der Waals surface area (Å²) in [6, 6.07) is 10.9. The van der Waals surface area contributed by atoms with E-state index < -0.39 is 21.3 Å². The van der Waals surface area contributed by atoms with E-state index in [2.05, 4.69) is 0 Å². The Morgan fingerprint density at radius 2 is 1.87 bits per heavy atom. The highest BCUT2D eigenvalue weighted by atomic mass is 32.2. The van der Waals surface area contributed by atoms with E-state index >= 15 is 0 Å². The molecule has 0 unspecified atom stereocenters. The van der Waals surface area contributed by atoms with Crippen molar-refractivity contribution < 1.29 is 27.4 Å². The van der Waals surface area contributed by atoms with Crippen molar-refractivity contribution in [3.8, 4) is 17.9 Å². The van der Waals surface area contributed by atoms with Crippen molar-refractivity contribution in [1.82, 2.24) is 4.31 Å². The standard InChI is InChI=1S/C20H16FN3O5S/c21-18-6-17(3-2-15(18)7-22)29-13-20(12-26)10-24(11-20)30(27,28)19-4-1-14(9-25)5-16(19)8-23/h1-6,9,26H,10-13H2. The first-order chi connectivity index (χ1) is 14.3. The van der Waals surface area contributed by atoms with Crippen LogP contribution in [-0.4, -0.2) is 50.4 Å². The van der Waals surface area contributed by atoms with Crippen molar-refractivity contribution in [3.05, 3.63) is 58.9 Å². The van der Waals surface area contributed by atoms with Crippen LogP contribution in [0.2, 0.25) is 0 Å². The normalized spacial score (nSPS) is 15.5. The molecular formula is C20H16FN3O5S. The fourth-order valence-corrected chi connectivity index (χ4v) is 4.88. The number of nitrogens with zero attached hydrogens (tertiary/aromatic N) is 3. The maximum Gasteiger partial charge on any atom is 0.244 e. The Hall–Kier alpha value is -3.31. The molecule has 1 heterocycles. The number of aliphatic hydroxyl groups is 1. The van der Waals surface area contributed by atoms with Gasteiger partial charge < -0.3 is 9.84 Å². The molecule has 0 saturated carbocycles. The second-order valence-electron chi connectivity index (χ2n) is 6.96. The number of hydrogen-bond donors (Lipinski definition) is 1. The molecule has 0 spiro atoms. The minimum absolute atomic E-state index is 0.0646. The smallest absolute Gasteiger partial charge is 0.244 e. The minimum Gasteiger partial charge on any atom is -0.493 e. The Morgan fingerprint density at radius 1 is 1.17 bits per heavy atom. The Kier molecular flexibility index (Phi) is 5.85. The first-order valence-electron chi connectivity index (χ1n) is 8.71. The molecule has 8 nitrogen and oxygen atoms in total. The van der Waals surface area contributed by atoms with E-state index in [0.29, 0.717) is 6.29 Å². The maximum atomic E-state index is 13.7. The summed E-state index contributed by atoms with van der Waals surface area (Å²) in [6.45, 7) is -0.571. The van der Waals surface area contributed by atoms with Crippen LogP contribution in [-0.2, 0) is 10.0 Å². The largest absolute Gasteiger partial charge is 0.493 e. The fraction of sp³-hybridized carbons (Fsp3) is 0.250. The zero-order chi connectivity index (χ0) is 21.9. The number of sulfonamides is 1. The molecule has 2 aromatic rings. The van der Waals surface area contributed by atoms with Gasteiger partial charge in [0.25, 0.3) is 0 Å². The second-order valence-corrected chi connectivity index (χ2v) is 8.86. The first kappa shape index (κ1) is 21.4. The number of nitriles is 2. The Morgan fingerprint density at radius 3 is 2.43 bits per heavy atom. The summed E-state index contributed by atoms with van der Waals surface area (Å²) in [4.78, 5) is 10.6. The number of aliphatic hydroxyl groups excluding tert-OH is 1. The topological polar surface area (TPSA) is 131 Å². The summed E-state index contributed by atoms with van der Waals surface area (Å²) in [5.41, 5.74) is -0.992. The number of rotatable bonds is 7. The van der Waals surface area contributed by atoms with Gasteiger partial charge in [0.1, 0.15) is 30.0 Å². The molecule has 10 heteroatoms. The molecule has 1 fully saturated rings. The summed E-state index contributed by atoms with van der Waals surface area (Å²) in [5.74, 6) is -0.592. The summed E-state index contributed by atoms with van der Waals surface area (Å²) in [5, 5.41) is 27.8. The van der Waals surface area contributed by atoms with Gasteiger partial charge >= 0.3 is 0 Å². The lowest BCUT2D eigenvalue weighted by Crippen LogP contribution is -2.62. The number of halogens is 1. The van der Waals surface area contributed by atoms with Gasteiger partial charge in [-0.3, -0.25) is 4.79 Å². The van der Waals surface area contributed by atoms with Gasteiger partial charge in [-0.1, -0.05) is 6.07 Å². The molecule has 0 amide bonds. The van der Waals surface area contributed by atoms with Crippen molar-refractivity contribution in [2.45, 2.75) is 4.90 Å². The molecule has 0 aliphatic carbocycles. The van der Waals surface area contributed by atoms with E-state index in [4.69, 9.17) is 10.00 Å². The molecule has 0 aromatic heterocycles. The molecule has 0 bridgehead atoms. The highest BCUT2D eigenvalue weighted by Crippen LogP contribution is 2.36. The summed E-state index contributed by atoms with van der Waals surface area (Å²) >= 11 is 0. The molecular weight excluding hydrogens is 413 g/mol. The summed E-state index contributed by atoms with van der Waals surface area (Å²) < 4.78 is 46.0. The molecule has 30 heavy (non-hydrogen) atoms. The fourth-order valence-electron chi connectivity index (χ4n) is 3.09. The van der Waals surface area contributed by atoms with Gasteiger partial charge in [-0.25, -0.2) is 12.8 Å². The SMILES string of the molecule is N#Cc1ccc(OCC2(CO)CN(S(=O)(=O)c3ccc(C=O)cc3C#N)C2)cc1F. The molecule has 1 aliphatic rings. The van der Waals surface area contributed by atoms with Crippen LogP contribution in [0.25, 0.3) is 0 Å². The lowest BCUT2D eigenvalue weighted by molar-refractivity contribution is -0.0273. The number of ether oxygens (including phenoxy) is 1. The molecule has 1 N–H and O–H groups in total. The van der Waals surface area contributed by atoms with Crippen molar-refractivity contribution in [3.63, 3.8) is 0 Å². The van der Waals surface area contributed by atoms with Crippen molar-refractivity contribution in [2.24, 2.45) is 5.41 Å². The first-order valence-corrected chi connectivity index (χ1v) is 10.2. The van der Waals surface area contributed by atoms with Crippen LogP contribution in [0.3, 0.4) is 0 Å². The van der Waals surface area contributed by atoms with E-state index in [1.54, 1.807) is 12.1 Å². The lowest BCUT2D eigenvalue weighted by Gasteiger charge is -2.47. The molecule has 3 rings (SSSR count). The number of benzene rings is 2. The van der Waals surface area contributed by atoms with Crippen LogP contribution in [0.5, 0.6) is 5.75 Å². The quantitative estimate of drug-likeness (QED) is 0.659. The number of aldehydes is 1. The minimum atomic E-state index is -4.02. The zero-order valence-electron chi connectivity index (χ0n) is 15.6. The Bertz CT molecular complexity index is 1180. The maximum absolute atomic E-state index is 13.7. The molecule has 1 aliphatic heterocycles. The predicted octanol–water partition coefficient (Wildman–Crippen LogP) is 1.44. The summed E-state index contributed by atoms with van der Waals surface area (Å²) in [6.07, 6.45) is 0.515. The zero-order valence-corrected chi connectivity index (χ0v) is 16.4. The summed E-state index contributed by atoms with van der Waals surface area (Å²) in [7, 11) is -4.02. The van der Waals surface area contributed by atoms with Crippen LogP contribution in [0, 0.1) is 33.9 Å². The molecule has 2 aromatic carbocycles. The van der Waals surface area contributed by atoms with E-state index in [0.717, 1.165) is 10.4 Å². The van der Waals surface area contributed by atoms with Crippen LogP contribution in [0.1, 0.15) is 21.5 Å². The number of carbonyl (C=O) groups is 1. The van der Waals surface area contributed by atoms with Crippen LogP contribution in [0.4, 0.5) is 4.39 Å². The van der Waals surface area contributed by atoms with E-state index in [9.17, 15) is 28.0 Å². The van der Waals surface area contributed by atoms with Crippen LogP contribution < -0.4 is 4.74 Å². The third-order valence-electron chi connectivity index (χ3n) is 4.84. The monoisotopic (exact) mass is 429 g/mol. The van der Waals surface area contributed by atoms with Gasteiger partial charge in [0.2, 0.25) is 10.0 Å². The van der Waals surface area contributed by atoms with Crippen molar-refractivity contribution >= 4 is 16.3 Å². The van der Waals surface area contributed by atoms with Gasteiger partial charge in [0.15, 0.2) is 0 Å². The van der Waals surface area contributed by atoms with Crippen molar-refractivity contribution in [2.75, 3.05) is 26.3 Å². The van der Waals surface area contributed by atoms with Gasteiger partial charge in [0.05, 0.1) is 34.7 Å². The molecule has 0 radical (unpaired) electrons. The van der Waals surface area contributed by atoms with Crippen LogP contribution >= 0.6 is 0 Å². The van der Waals surface area contributed by atoms with Crippen molar-refractivity contribution in [1.29, 1.82) is 10.5 Å². The average molecular weight is 429 g/mol. The number of carbonyl (C=O) groups excluding carboxylic acids is 1. The molecule has 0 atom stereocenters.